The van der Waals surface area contributed by atoms with E-state index in [9.17, 15) is 15.8 Å². The molecule has 0 saturated carbocycles. The first-order chi connectivity index (χ1) is 37.0. The Morgan fingerprint density at radius 3 is 1.12 bits per heavy atom. The fourth-order valence-corrected chi connectivity index (χ4v) is 9.85. The molecule has 0 aliphatic heterocycles. The van der Waals surface area contributed by atoms with Gasteiger partial charge in [-0.25, -0.2) is 9.97 Å². The van der Waals surface area contributed by atoms with Gasteiger partial charge in [0.25, 0.3) is 0 Å². The Labute approximate surface area is 434 Å². The van der Waals surface area contributed by atoms with Crippen molar-refractivity contribution >= 4 is 55.9 Å². The van der Waals surface area contributed by atoms with Crippen LogP contribution >= 0.6 is 0 Å². The zero-order valence-corrected chi connectivity index (χ0v) is 40.3. The first-order valence-electron chi connectivity index (χ1n) is 24.5. The van der Waals surface area contributed by atoms with Crippen LogP contribution in [-0.2, 0) is 0 Å². The average Bonchev–Trinajstić information content (AvgIpc) is 3.83. The molecule has 12 aromatic rings. The molecule has 0 unspecified atom stereocenters. The maximum Gasteiger partial charge on any atom is 0.160 e. The van der Waals surface area contributed by atoms with Gasteiger partial charge in [0.15, 0.2) is 5.82 Å². The summed E-state index contributed by atoms with van der Waals surface area (Å²) in [7, 11) is 0. The zero-order chi connectivity index (χ0) is 50.7. The molecule has 0 aliphatic carbocycles. The summed E-state index contributed by atoms with van der Waals surface area (Å²) >= 11 is 0. The lowest BCUT2D eigenvalue weighted by Gasteiger charge is -2.26. The van der Waals surface area contributed by atoms with Crippen LogP contribution in [0.2, 0.25) is 0 Å². The van der Waals surface area contributed by atoms with Crippen LogP contribution in [0.15, 0.2) is 255 Å². The van der Waals surface area contributed by atoms with Crippen molar-refractivity contribution in [1.82, 2.24) is 14.5 Å². The smallest absolute Gasteiger partial charge is 0.160 e. The number of nitrogens with zero attached hydrogens (tertiary/aromatic N) is 8. The number of fused-ring (bicyclic) bond motifs is 3. The number of hydrogen-bond acceptors (Lipinski definition) is 7. The summed E-state index contributed by atoms with van der Waals surface area (Å²) in [5.74, 6) is 0.515. The van der Waals surface area contributed by atoms with Gasteiger partial charge in [-0.15, -0.1) is 0 Å². The molecule has 0 saturated heterocycles. The molecule has 0 radical (unpaired) electrons. The van der Waals surface area contributed by atoms with Gasteiger partial charge in [-0.1, -0.05) is 115 Å². The molecule has 8 nitrogen and oxygen atoms in total. The fraction of sp³-hybridized carbons (Fsp3) is 0. The maximum atomic E-state index is 11.0. The third-order valence-electron chi connectivity index (χ3n) is 13.5. The van der Waals surface area contributed by atoms with E-state index >= 15 is 0 Å². The lowest BCUT2D eigenvalue weighted by molar-refractivity contribution is 1.17. The number of benzene rings is 10. The highest BCUT2D eigenvalue weighted by molar-refractivity contribution is 6.12. The van der Waals surface area contributed by atoms with Crippen LogP contribution in [0.4, 0.5) is 34.1 Å². The van der Waals surface area contributed by atoms with Crippen molar-refractivity contribution in [2.45, 2.75) is 0 Å². The van der Waals surface area contributed by atoms with E-state index in [0.717, 1.165) is 89.4 Å². The fourth-order valence-electron chi connectivity index (χ4n) is 9.85. The molecule has 0 atom stereocenters. The second-order valence-corrected chi connectivity index (χ2v) is 18.0. The number of para-hydroxylation sites is 4. The Hall–Kier alpha value is -10.9. The van der Waals surface area contributed by atoms with Crippen LogP contribution in [0.5, 0.6) is 0 Å². The predicted molar refractivity (Wildman–Crippen MR) is 302 cm³/mol. The molecule has 0 fully saturated rings. The topological polar surface area (TPSA) is 109 Å². The molecule has 75 heavy (non-hydrogen) atoms. The first-order valence-corrected chi connectivity index (χ1v) is 24.5. The van der Waals surface area contributed by atoms with E-state index in [1.165, 1.54) is 0 Å². The Morgan fingerprint density at radius 1 is 0.320 bits per heavy atom. The lowest BCUT2D eigenvalue weighted by atomic mass is 9.99. The van der Waals surface area contributed by atoms with Crippen molar-refractivity contribution in [3.63, 3.8) is 0 Å². The quantitative estimate of drug-likeness (QED) is 0.127. The summed E-state index contributed by atoms with van der Waals surface area (Å²) in [6, 6.07) is 92.7. The monoisotopic (exact) mass is 958 g/mol. The van der Waals surface area contributed by atoms with E-state index in [4.69, 9.17) is 9.97 Å². The predicted octanol–water partition coefficient (Wildman–Crippen LogP) is 16.8. The van der Waals surface area contributed by atoms with Gasteiger partial charge >= 0.3 is 0 Å². The summed E-state index contributed by atoms with van der Waals surface area (Å²) in [6.45, 7) is 0. The molecule has 0 bridgehead atoms. The summed E-state index contributed by atoms with van der Waals surface area (Å²) in [6.07, 6.45) is 0. The molecule has 2 heterocycles. The maximum absolute atomic E-state index is 11.0. The van der Waals surface area contributed by atoms with E-state index in [2.05, 4.69) is 190 Å². The van der Waals surface area contributed by atoms with E-state index in [0.29, 0.717) is 33.9 Å². The summed E-state index contributed by atoms with van der Waals surface area (Å²) in [4.78, 5) is 14.5. The normalized spacial score (nSPS) is 10.9. The molecule has 10 aromatic carbocycles. The van der Waals surface area contributed by atoms with Gasteiger partial charge in [-0.2, -0.15) is 15.8 Å². The van der Waals surface area contributed by atoms with Crippen LogP contribution in [-0.4, -0.2) is 14.5 Å². The molecule has 0 aliphatic rings. The van der Waals surface area contributed by atoms with Gasteiger partial charge in [0, 0.05) is 61.6 Å². The van der Waals surface area contributed by atoms with Crippen LogP contribution in [0, 0.1) is 34.0 Å². The largest absolute Gasteiger partial charge is 0.310 e. The van der Waals surface area contributed by atoms with Crippen molar-refractivity contribution in [2.75, 3.05) is 9.80 Å². The zero-order valence-electron chi connectivity index (χ0n) is 40.3. The molecule has 0 amide bonds. The molecular formula is C67H42N8. The Morgan fingerprint density at radius 2 is 0.707 bits per heavy atom. The number of hydrogen-bond donors (Lipinski definition) is 0. The molecule has 350 valence electrons. The van der Waals surface area contributed by atoms with Crippen LogP contribution in [0.1, 0.15) is 16.7 Å². The van der Waals surface area contributed by atoms with Crippen molar-refractivity contribution in [2.24, 2.45) is 0 Å². The Bertz CT molecular complexity index is 3880. The van der Waals surface area contributed by atoms with Crippen molar-refractivity contribution in [3.8, 4) is 68.9 Å². The van der Waals surface area contributed by atoms with Crippen LogP contribution < -0.4 is 9.80 Å². The lowest BCUT2D eigenvalue weighted by Crippen LogP contribution is -2.09. The third-order valence-corrected chi connectivity index (χ3v) is 13.5. The van der Waals surface area contributed by atoms with Crippen molar-refractivity contribution < 1.29 is 0 Å². The molecule has 0 N–H and O–H groups in total. The van der Waals surface area contributed by atoms with Crippen molar-refractivity contribution in [3.05, 3.63) is 271 Å². The molecule has 8 heteroatoms. The van der Waals surface area contributed by atoms with Crippen molar-refractivity contribution in [1.29, 1.82) is 15.8 Å². The summed E-state index contributed by atoms with van der Waals surface area (Å²) in [5, 5.41) is 32.0. The summed E-state index contributed by atoms with van der Waals surface area (Å²) in [5.41, 5.74) is 16.3. The highest BCUT2D eigenvalue weighted by Crippen LogP contribution is 2.43. The van der Waals surface area contributed by atoms with Gasteiger partial charge in [0.2, 0.25) is 0 Å². The Kier molecular flexibility index (Phi) is 11.9. The number of rotatable bonds is 11. The van der Waals surface area contributed by atoms with E-state index in [1.54, 1.807) is 24.3 Å². The molecular weight excluding hydrogens is 917 g/mol. The third kappa shape index (κ3) is 8.76. The average molecular weight is 959 g/mol. The standard InChI is InChI=1S/C67H42N8/c68-43-46-21-25-49(26-22-46)62-42-63(72-67(71-62)51-27-23-47(44-69)24-28-51)50-31-29-48(30-32-50)52-33-36-64(53(39-52)45-70)75-65-37-34-58(73(54-13-5-1-6-14-54)55-15-7-2-8-16-55)40-60(65)61-41-59(35-38-66(61)75)74(56-17-9-3-10-18-56)57-19-11-4-12-20-57/h1-42H. The van der Waals surface area contributed by atoms with E-state index in [1.807, 2.05) is 72.8 Å². The van der Waals surface area contributed by atoms with Crippen LogP contribution in [0.25, 0.3) is 72.5 Å². The second-order valence-electron chi connectivity index (χ2n) is 18.0. The van der Waals surface area contributed by atoms with Gasteiger partial charge in [-0.05, 0) is 151 Å². The van der Waals surface area contributed by atoms with E-state index < -0.39 is 0 Å². The minimum atomic E-state index is 0.515. The number of aromatic nitrogens is 3. The van der Waals surface area contributed by atoms with Crippen LogP contribution in [0.3, 0.4) is 0 Å². The minimum Gasteiger partial charge on any atom is -0.310 e. The Balaban J connectivity index is 0.971. The highest BCUT2D eigenvalue weighted by Gasteiger charge is 2.22. The number of anilines is 6. The highest BCUT2D eigenvalue weighted by atomic mass is 15.1. The second kappa shape index (κ2) is 19.7. The molecule has 0 spiro atoms. The molecule has 12 rings (SSSR count). The summed E-state index contributed by atoms with van der Waals surface area (Å²) < 4.78 is 2.22. The molecule has 2 aromatic heterocycles. The first kappa shape index (κ1) is 45.3. The SMILES string of the molecule is N#Cc1ccc(-c2cc(-c3ccc(-c4ccc(-n5c6ccc(N(c7ccccc7)c7ccccc7)cc6c6cc(N(c7ccccc7)c7ccccc7)ccc65)c(C#N)c4)cc3)nc(-c3ccc(C#N)cc3)n2)cc1. The minimum absolute atomic E-state index is 0.515. The van der Waals surface area contributed by atoms with Gasteiger partial charge < -0.3 is 14.4 Å². The van der Waals surface area contributed by atoms with E-state index in [-0.39, 0.29) is 0 Å². The van der Waals surface area contributed by atoms with Gasteiger partial charge in [-0.3, -0.25) is 0 Å². The van der Waals surface area contributed by atoms with Gasteiger partial charge in [0.1, 0.15) is 6.07 Å². The van der Waals surface area contributed by atoms with Gasteiger partial charge in [0.05, 0.1) is 56.9 Å². The number of nitriles is 3.